The second-order valence-corrected chi connectivity index (χ2v) is 6.10. The lowest BCUT2D eigenvalue weighted by molar-refractivity contribution is 0.0604. The fraction of sp³-hybridized carbons (Fsp3) is 0.267. The lowest BCUT2D eigenvalue weighted by Gasteiger charge is -2.23. The van der Waals surface area contributed by atoms with Crippen LogP contribution in [0.5, 0.6) is 5.75 Å². The van der Waals surface area contributed by atoms with Crippen molar-refractivity contribution in [1.82, 2.24) is 5.32 Å². The van der Waals surface area contributed by atoms with Gasteiger partial charge in [0.25, 0.3) is 0 Å². The molecule has 1 heterocycles. The zero-order valence-electron chi connectivity index (χ0n) is 12.2. The van der Waals surface area contributed by atoms with Gasteiger partial charge in [-0.15, -0.1) is 0 Å². The van der Waals surface area contributed by atoms with Crippen LogP contribution >= 0.6 is 22.9 Å². The highest BCUT2D eigenvalue weighted by molar-refractivity contribution is 7.08. The molecule has 1 aromatic carbocycles. The number of ether oxygens (including phenoxy) is 1. The van der Waals surface area contributed by atoms with E-state index in [-0.39, 0.29) is 6.54 Å². The number of urea groups is 1. The molecule has 7 heteroatoms. The Morgan fingerprint density at radius 1 is 1.45 bits per heavy atom. The van der Waals surface area contributed by atoms with Crippen molar-refractivity contribution < 1.29 is 14.6 Å². The van der Waals surface area contributed by atoms with Gasteiger partial charge in [-0.05, 0) is 41.4 Å². The summed E-state index contributed by atoms with van der Waals surface area (Å²) in [6.07, 6.45) is 0. The van der Waals surface area contributed by atoms with E-state index in [1.165, 1.54) is 18.4 Å². The van der Waals surface area contributed by atoms with Gasteiger partial charge in [0.15, 0.2) is 5.75 Å². The number of nitrogens with one attached hydrogen (secondary N) is 2. The first kappa shape index (κ1) is 16.6. The molecule has 1 aromatic heterocycles. The van der Waals surface area contributed by atoms with Gasteiger partial charge in [-0.1, -0.05) is 17.7 Å². The number of hydrogen-bond donors (Lipinski definition) is 3. The summed E-state index contributed by atoms with van der Waals surface area (Å²) in [7, 11) is 1.48. The third kappa shape index (κ3) is 3.91. The lowest BCUT2D eigenvalue weighted by atomic mass is 9.99. The molecule has 5 nitrogen and oxygen atoms in total. The number of methoxy groups -OCH3 is 1. The van der Waals surface area contributed by atoms with E-state index in [4.69, 9.17) is 16.3 Å². The number of aliphatic hydroxyl groups is 1. The molecule has 0 unspecified atom stereocenters. The maximum absolute atomic E-state index is 12.0. The van der Waals surface area contributed by atoms with E-state index in [9.17, 15) is 9.90 Å². The molecule has 2 rings (SSSR count). The van der Waals surface area contributed by atoms with Crippen molar-refractivity contribution in [2.45, 2.75) is 12.5 Å². The Morgan fingerprint density at radius 3 is 2.86 bits per heavy atom. The van der Waals surface area contributed by atoms with E-state index in [0.29, 0.717) is 16.5 Å². The largest absolute Gasteiger partial charge is 0.493 e. The van der Waals surface area contributed by atoms with Crippen LogP contribution in [-0.4, -0.2) is 24.8 Å². The second kappa shape index (κ2) is 7.00. The van der Waals surface area contributed by atoms with Crippen molar-refractivity contribution in [3.63, 3.8) is 0 Å². The van der Waals surface area contributed by atoms with Gasteiger partial charge < -0.3 is 20.5 Å². The number of amides is 2. The summed E-state index contributed by atoms with van der Waals surface area (Å²) in [6, 6.07) is 6.44. The lowest BCUT2D eigenvalue weighted by Crippen LogP contribution is -2.40. The molecule has 1 atom stereocenters. The van der Waals surface area contributed by atoms with E-state index in [2.05, 4.69) is 10.6 Å². The van der Waals surface area contributed by atoms with Crippen LogP contribution in [0.25, 0.3) is 0 Å². The molecule has 0 aliphatic rings. The molecular weight excluding hydrogens is 324 g/mol. The van der Waals surface area contributed by atoms with E-state index in [1.807, 2.05) is 16.8 Å². The smallest absolute Gasteiger partial charge is 0.319 e. The average molecular weight is 341 g/mol. The number of rotatable bonds is 5. The Morgan fingerprint density at radius 2 is 2.23 bits per heavy atom. The first-order valence-electron chi connectivity index (χ1n) is 6.56. The minimum absolute atomic E-state index is 0.0818. The van der Waals surface area contributed by atoms with Crippen LogP contribution in [-0.2, 0) is 5.60 Å². The zero-order valence-corrected chi connectivity index (χ0v) is 13.8. The van der Waals surface area contributed by atoms with Crippen LogP contribution in [0.4, 0.5) is 10.5 Å². The van der Waals surface area contributed by atoms with Gasteiger partial charge in [-0.2, -0.15) is 11.3 Å². The third-order valence-electron chi connectivity index (χ3n) is 3.16. The van der Waals surface area contributed by atoms with Crippen LogP contribution < -0.4 is 15.4 Å². The summed E-state index contributed by atoms with van der Waals surface area (Å²) in [6.45, 7) is 1.73. The molecule has 2 amide bonds. The summed E-state index contributed by atoms with van der Waals surface area (Å²) >= 11 is 7.48. The van der Waals surface area contributed by atoms with Crippen LogP contribution in [0.1, 0.15) is 12.5 Å². The highest BCUT2D eigenvalue weighted by Crippen LogP contribution is 2.32. The Balaban J connectivity index is 1.98. The van der Waals surface area contributed by atoms with Gasteiger partial charge in [-0.3, -0.25) is 0 Å². The number of hydrogen-bond acceptors (Lipinski definition) is 4. The molecule has 0 bridgehead atoms. The van der Waals surface area contributed by atoms with Gasteiger partial charge in [0.1, 0.15) is 5.60 Å². The van der Waals surface area contributed by atoms with Crippen LogP contribution in [0.15, 0.2) is 35.0 Å². The van der Waals surface area contributed by atoms with Crippen LogP contribution in [0.2, 0.25) is 5.02 Å². The van der Waals surface area contributed by atoms with Crippen molar-refractivity contribution in [3.05, 3.63) is 45.6 Å². The molecule has 0 aliphatic carbocycles. The van der Waals surface area contributed by atoms with Gasteiger partial charge in [0.05, 0.1) is 24.4 Å². The quantitative estimate of drug-likeness (QED) is 0.780. The summed E-state index contributed by atoms with van der Waals surface area (Å²) in [5.41, 5.74) is 0.0938. The molecule has 0 saturated carbocycles. The van der Waals surface area contributed by atoms with Gasteiger partial charge in [0, 0.05) is 0 Å². The number of carbonyl (C=O) groups excluding carboxylic acids is 1. The minimum Gasteiger partial charge on any atom is -0.493 e. The summed E-state index contributed by atoms with van der Waals surface area (Å²) < 4.78 is 5.16. The highest BCUT2D eigenvalue weighted by Gasteiger charge is 2.24. The average Bonchev–Trinajstić information content (AvgIpc) is 3.01. The van der Waals surface area contributed by atoms with Crippen LogP contribution in [0, 0.1) is 0 Å². The first-order chi connectivity index (χ1) is 10.4. The van der Waals surface area contributed by atoms with E-state index < -0.39 is 11.6 Å². The van der Waals surface area contributed by atoms with Crippen LogP contribution in [0.3, 0.4) is 0 Å². The van der Waals surface area contributed by atoms with Gasteiger partial charge >= 0.3 is 6.03 Å². The molecule has 22 heavy (non-hydrogen) atoms. The minimum atomic E-state index is -1.13. The predicted molar refractivity (Wildman–Crippen MR) is 88.9 cm³/mol. The number of thiophene rings is 1. The molecule has 0 fully saturated rings. The molecule has 0 aliphatic heterocycles. The first-order valence-corrected chi connectivity index (χ1v) is 7.88. The number of anilines is 1. The Labute approximate surface area is 137 Å². The van der Waals surface area contributed by atoms with E-state index in [0.717, 1.165) is 5.56 Å². The van der Waals surface area contributed by atoms with E-state index in [1.54, 1.807) is 25.1 Å². The third-order valence-corrected chi connectivity index (χ3v) is 4.14. The molecule has 3 N–H and O–H groups in total. The van der Waals surface area contributed by atoms with Crippen molar-refractivity contribution in [3.8, 4) is 5.75 Å². The molecule has 118 valence electrons. The Bertz CT molecular complexity index is 644. The molecular formula is C15H17ClN2O3S. The number of para-hydroxylation sites is 1. The fourth-order valence-electron chi connectivity index (χ4n) is 1.91. The monoisotopic (exact) mass is 340 g/mol. The molecule has 0 radical (unpaired) electrons. The molecule has 0 spiro atoms. The summed E-state index contributed by atoms with van der Waals surface area (Å²) in [5.74, 6) is 0.393. The highest BCUT2D eigenvalue weighted by atomic mass is 35.5. The van der Waals surface area contributed by atoms with Gasteiger partial charge in [0.2, 0.25) is 0 Å². The zero-order chi connectivity index (χ0) is 16.2. The summed E-state index contributed by atoms with van der Waals surface area (Å²) in [4.78, 5) is 12.0. The maximum atomic E-state index is 12.0. The maximum Gasteiger partial charge on any atom is 0.319 e. The normalized spacial score (nSPS) is 13.3. The SMILES string of the molecule is COc1c(Cl)cccc1NC(=O)NC[C@](C)(O)c1ccsc1. The number of halogens is 1. The van der Waals surface area contributed by atoms with Crippen molar-refractivity contribution in [1.29, 1.82) is 0 Å². The molecule has 0 saturated heterocycles. The van der Waals surface area contributed by atoms with Crippen molar-refractivity contribution in [2.24, 2.45) is 0 Å². The van der Waals surface area contributed by atoms with Crippen molar-refractivity contribution >= 4 is 34.7 Å². The fourth-order valence-corrected chi connectivity index (χ4v) is 2.94. The van der Waals surface area contributed by atoms with Gasteiger partial charge in [-0.25, -0.2) is 4.79 Å². The van der Waals surface area contributed by atoms with Crippen molar-refractivity contribution in [2.75, 3.05) is 19.0 Å². The van der Waals surface area contributed by atoms with E-state index >= 15 is 0 Å². The number of carbonyl (C=O) groups is 1. The second-order valence-electron chi connectivity index (χ2n) is 4.91. The molecule has 2 aromatic rings. The Kier molecular flexibility index (Phi) is 5.28. The Hall–Kier alpha value is -1.76. The summed E-state index contributed by atoms with van der Waals surface area (Å²) in [5, 5.41) is 19.8. The predicted octanol–water partition coefficient (Wildman–Crippen LogP) is 3.44. The standard InChI is InChI=1S/C15H17ClN2O3S/c1-15(20,10-6-7-22-8-10)9-17-14(19)18-12-5-3-4-11(16)13(12)21-2/h3-8,20H,9H2,1-2H3,(H2,17,18,19)/t15-/m0/s1. The topological polar surface area (TPSA) is 70.6 Å². The number of benzene rings is 1.